The average Bonchev–Trinajstić information content (AvgIpc) is 2.92. The highest BCUT2D eigenvalue weighted by molar-refractivity contribution is 7.15. The molecule has 0 spiro atoms. The van der Waals surface area contributed by atoms with Crippen molar-refractivity contribution in [2.45, 2.75) is 24.2 Å². The lowest BCUT2D eigenvalue weighted by molar-refractivity contribution is -0.168. The summed E-state index contributed by atoms with van der Waals surface area (Å²) in [5.74, 6) is -1.42. The van der Waals surface area contributed by atoms with Gasteiger partial charge < -0.3 is 20.4 Å². The molecule has 21 heavy (non-hydrogen) atoms. The van der Waals surface area contributed by atoms with Crippen LogP contribution in [0.15, 0.2) is 36.4 Å². The van der Waals surface area contributed by atoms with Crippen LogP contribution in [0.4, 0.5) is 0 Å². The second kappa shape index (κ2) is 4.92. The minimum absolute atomic E-state index is 0.164. The van der Waals surface area contributed by atoms with E-state index in [-0.39, 0.29) is 5.56 Å². The first kappa shape index (κ1) is 14.2. The lowest BCUT2D eigenvalue weighted by Crippen LogP contribution is -2.44. The van der Waals surface area contributed by atoms with Gasteiger partial charge in [-0.3, -0.25) is 0 Å². The van der Waals surface area contributed by atoms with E-state index in [0.29, 0.717) is 4.88 Å². The summed E-state index contributed by atoms with van der Waals surface area (Å²) in [5.41, 5.74) is -1.14. The van der Waals surface area contributed by atoms with E-state index in [2.05, 4.69) is 0 Å². The molecule has 6 heteroatoms. The molecule has 1 aromatic carbocycles. The molecular formula is C15H14O5S. The maximum absolute atomic E-state index is 11.4. The van der Waals surface area contributed by atoms with Crippen LogP contribution < -0.4 is 0 Å². The summed E-state index contributed by atoms with van der Waals surface area (Å²) in [7, 11) is 0. The van der Waals surface area contributed by atoms with Gasteiger partial charge >= 0.3 is 5.97 Å². The highest BCUT2D eigenvalue weighted by Crippen LogP contribution is 2.47. The third-order valence-corrected chi connectivity index (χ3v) is 5.01. The number of carboxylic acid groups (broad SMARTS) is 1. The molecule has 0 radical (unpaired) electrons. The molecular weight excluding hydrogens is 292 g/mol. The number of aliphatic hydroxyl groups excluding tert-OH is 2. The maximum atomic E-state index is 11.4. The maximum Gasteiger partial charge on any atom is 0.340 e. The van der Waals surface area contributed by atoms with Crippen LogP contribution in [0, 0.1) is 0 Å². The molecule has 0 fully saturated rings. The lowest BCUT2D eigenvalue weighted by Gasteiger charge is -2.34. The van der Waals surface area contributed by atoms with Gasteiger partial charge in [0.15, 0.2) is 5.60 Å². The van der Waals surface area contributed by atoms with E-state index < -0.39 is 30.2 Å². The predicted molar refractivity (Wildman–Crippen MR) is 76.9 cm³/mol. The molecule has 0 saturated heterocycles. The van der Waals surface area contributed by atoms with Crippen molar-refractivity contribution in [3.63, 3.8) is 0 Å². The molecule has 5 nitrogen and oxygen atoms in total. The molecule has 4 N–H and O–H groups in total. The Hall–Kier alpha value is -1.73. The fourth-order valence-corrected chi connectivity index (χ4v) is 3.88. The Morgan fingerprint density at radius 3 is 2.52 bits per heavy atom. The minimum atomic E-state index is -2.17. The summed E-state index contributed by atoms with van der Waals surface area (Å²) in [6.45, 7) is 0. The number of thiophene rings is 1. The quantitative estimate of drug-likeness (QED) is 0.674. The Kier molecular flexibility index (Phi) is 3.33. The van der Waals surface area contributed by atoms with Crippen LogP contribution >= 0.6 is 11.3 Å². The molecule has 3 rings (SSSR count). The minimum Gasteiger partial charge on any atom is -0.479 e. The molecule has 2 aromatic rings. The van der Waals surface area contributed by atoms with Gasteiger partial charge in [-0.1, -0.05) is 30.3 Å². The van der Waals surface area contributed by atoms with Gasteiger partial charge in [-0.2, -0.15) is 0 Å². The molecule has 1 aliphatic carbocycles. The first-order valence-corrected chi connectivity index (χ1v) is 7.26. The summed E-state index contributed by atoms with van der Waals surface area (Å²) < 4.78 is 0. The molecule has 3 atom stereocenters. The van der Waals surface area contributed by atoms with E-state index in [4.69, 9.17) is 0 Å². The van der Waals surface area contributed by atoms with Gasteiger partial charge in [0.1, 0.15) is 6.10 Å². The molecule has 0 saturated carbocycles. The molecule has 1 heterocycles. The summed E-state index contributed by atoms with van der Waals surface area (Å²) >= 11 is 1.19. The van der Waals surface area contributed by atoms with Gasteiger partial charge in [0.05, 0.1) is 6.10 Å². The molecule has 0 bridgehead atoms. The van der Waals surface area contributed by atoms with Crippen molar-refractivity contribution in [3.8, 4) is 10.4 Å². The van der Waals surface area contributed by atoms with E-state index >= 15 is 0 Å². The first-order chi connectivity index (χ1) is 9.93. The van der Waals surface area contributed by atoms with Crippen molar-refractivity contribution in [1.82, 2.24) is 0 Å². The van der Waals surface area contributed by atoms with Crippen LogP contribution in [0.1, 0.15) is 23.0 Å². The number of aliphatic carboxylic acids is 1. The number of carbonyl (C=O) groups is 1. The van der Waals surface area contributed by atoms with Gasteiger partial charge in [0, 0.05) is 21.7 Å². The summed E-state index contributed by atoms with van der Waals surface area (Å²) in [4.78, 5) is 12.4. The number of benzene rings is 1. The summed E-state index contributed by atoms with van der Waals surface area (Å²) in [5, 5.41) is 39.6. The Morgan fingerprint density at radius 1 is 1.24 bits per heavy atom. The van der Waals surface area contributed by atoms with E-state index in [9.17, 15) is 25.2 Å². The van der Waals surface area contributed by atoms with Gasteiger partial charge in [-0.25, -0.2) is 4.79 Å². The number of rotatable bonds is 2. The van der Waals surface area contributed by atoms with Crippen LogP contribution in [0.5, 0.6) is 0 Å². The Labute approximate surface area is 124 Å². The van der Waals surface area contributed by atoms with Gasteiger partial charge in [-0.15, -0.1) is 11.3 Å². The van der Waals surface area contributed by atoms with E-state index in [0.717, 1.165) is 10.4 Å². The van der Waals surface area contributed by atoms with E-state index in [1.807, 2.05) is 30.3 Å². The van der Waals surface area contributed by atoms with Crippen LogP contribution in [0.3, 0.4) is 0 Å². The monoisotopic (exact) mass is 306 g/mol. The summed E-state index contributed by atoms with van der Waals surface area (Å²) in [6, 6.07) is 10.9. The zero-order valence-electron chi connectivity index (χ0n) is 10.9. The highest BCUT2D eigenvalue weighted by Gasteiger charge is 2.49. The molecule has 1 aliphatic rings. The largest absolute Gasteiger partial charge is 0.479 e. The SMILES string of the molecule is O=C(O)[C@@]1(O)C[C@@H](O)[C@H](O)c2sc(-c3ccccc3)cc21. The third kappa shape index (κ3) is 2.16. The smallest absolute Gasteiger partial charge is 0.340 e. The fourth-order valence-electron chi connectivity index (χ4n) is 2.59. The van der Waals surface area contributed by atoms with Crippen LogP contribution in [-0.4, -0.2) is 32.5 Å². The van der Waals surface area contributed by atoms with Crippen molar-refractivity contribution in [2.75, 3.05) is 0 Å². The zero-order chi connectivity index (χ0) is 15.2. The number of fused-ring (bicyclic) bond motifs is 1. The van der Waals surface area contributed by atoms with Crippen molar-refractivity contribution in [3.05, 3.63) is 46.8 Å². The van der Waals surface area contributed by atoms with Gasteiger partial charge in [0.25, 0.3) is 0 Å². The Balaban J connectivity index is 2.17. The van der Waals surface area contributed by atoms with Crippen LogP contribution in [-0.2, 0) is 10.4 Å². The molecule has 0 amide bonds. The van der Waals surface area contributed by atoms with Gasteiger partial charge in [-0.05, 0) is 11.6 Å². The van der Waals surface area contributed by atoms with Crippen molar-refractivity contribution < 1.29 is 25.2 Å². The average molecular weight is 306 g/mol. The van der Waals surface area contributed by atoms with Crippen molar-refractivity contribution in [1.29, 1.82) is 0 Å². The number of hydrogen-bond donors (Lipinski definition) is 4. The standard InChI is InChI=1S/C15H14O5S/c16-10-7-15(20,14(18)19)9-6-11(21-13(9)12(10)17)8-4-2-1-3-5-8/h1-6,10,12,16-17,20H,7H2,(H,18,19)/t10-,12+,15-/m1/s1. The lowest BCUT2D eigenvalue weighted by atomic mass is 9.80. The fraction of sp³-hybridized carbons (Fsp3) is 0.267. The Morgan fingerprint density at radius 2 is 1.90 bits per heavy atom. The van der Waals surface area contributed by atoms with E-state index in [1.165, 1.54) is 11.3 Å². The molecule has 0 aliphatic heterocycles. The van der Waals surface area contributed by atoms with Crippen molar-refractivity contribution in [2.24, 2.45) is 0 Å². The number of hydrogen-bond acceptors (Lipinski definition) is 5. The van der Waals surface area contributed by atoms with Crippen molar-refractivity contribution >= 4 is 17.3 Å². The second-order valence-electron chi connectivity index (χ2n) is 5.14. The van der Waals surface area contributed by atoms with Gasteiger partial charge in [0.2, 0.25) is 0 Å². The number of aliphatic hydroxyl groups is 3. The summed E-state index contributed by atoms with van der Waals surface area (Å²) in [6.07, 6.45) is -2.91. The second-order valence-corrected chi connectivity index (χ2v) is 6.22. The highest BCUT2D eigenvalue weighted by atomic mass is 32.1. The van der Waals surface area contributed by atoms with Crippen LogP contribution in [0.25, 0.3) is 10.4 Å². The number of carboxylic acids is 1. The first-order valence-electron chi connectivity index (χ1n) is 6.45. The third-order valence-electron chi connectivity index (χ3n) is 3.76. The molecule has 1 aromatic heterocycles. The van der Waals surface area contributed by atoms with Crippen LogP contribution in [0.2, 0.25) is 0 Å². The zero-order valence-corrected chi connectivity index (χ0v) is 11.7. The normalized spacial score (nSPS) is 28.1. The molecule has 110 valence electrons. The molecule has 0 unspecified atom stereocenters. The van der Waals surface area contributed by atoms with E-state index in [1.54, 1.807) is 6.07 Å². The Bertz CT molecular complexity index is 681. The topological polar surface area (TPSA) is 98.0 Å². The predicted octanol–water partition coefficient (Wildman–Crippen LogP) is 1.49.